The van der Waals surface area contributed by atoms with Crippen LogP contribution in [-0.2, 0) is 9.84 Å². The molecular weight excluding hydrogens is 198 g/mol. The molecule has 0 atom stereocenters. The molecule has 1 heterocycles. The first kappa shape index (κ1) is 9.43. The minimum atomic E-state index is -3.28. The Balaban J connectivity index is 2.78. The van der Waals surface area contributed by atoms with E-state index in [1.807, 2.05) is 13.0 Å². The maximum absolute atomic E-state index is 11.8. The normalized spacial score (nSPS) is 17.7. The van der Waals surface area contributed by atoms with Crippen molar-refractivity contribution in [1.82, 2.24) is 0 Å². The summed E-state index contributed by atoms with van der Waals surface area (Å²) in [6, 6.07) is 5.26. The minimum absolute atomic E-state index is 0.0659. The van der Waals surface area contributed by atoms with Crippen molar-refractivity contribution in [2.45, 2.75) is 11.8 Å². The molecule has 2 rings (SSSR count). The van der Waals surface area contributed by atoms with Crippen molar-refractivity contribution < 1.29 is 8.42 Å². The third kappa shape index (κ3) is 1.11. The van der Waals surface area contributed by atoms with Gasteiger partial charge >= 0.3 is 0 Å². The van der Waals surface area contributed by atoms with Gasteiger partial charge in [-0.15, -0.1) is 0 Å². The van der Waals surface area contributed by atoms with Gasteiger partial charge in [0.2, 0.25) is 9.84 Å². The topological polar surface area (TPSA) is 60.2 Å². The van der Waals surface area contributed by atoms with Crippen LogP contribution in [-0.4, -0.2) is 15.0 Å². The molecule has 0 bridgehead atoms. The molecule has 0 spiro atoms. The monoisotopic (exact) mass is 209 g/mol. The maximum atomic E-state index is 11.8. The Labute approximate surface area is 83.2 Å². The molecule has 4 heteroatoms. The lowest BCUT2D eigenvalue weighted by molar-refractivity contribution is 0.602. The molecule has 0 radical (unpaired) electrons. The smallest absolute Gasteiger partial charge is 0.204 e. The zero-order valence-corrected chi connectivity index (χ0v) is 8.64. The molecule has 1 aromatic rings. The Hall–Kier alpha value is -1.13. The first-order chi connectivity index (χ1) is 6.57. The van der Waals surface area contributed by atoms with Crippen molar-refractivity contribution in [1.29, 1.82) is 0 Å². The average Bonchev–Trinajstić information content (AvgIpc) is 2.40. The molecule has 0 aliphatic carbocycles. The highest BCUT2D eigenvalue weighted by Gasteiger charge is 2.28. The standard InChI is InChI=1S/C10H11NO2S/c1-7-3-2-4-10-9(7)5-8(6-11)14(10,12)13/h2-5H,6,11H2,1H3. The van der Waals surface area contributed by atoms with Crippen LogP contribution in [0.15, 0.2) is 28.0 Å². The van der Waals surface area contributed by atoms with Gasteiger partial charge in [0, 0.05) is 6.54 Å². The Kier molecular flexibility index (Phi) is 1.97. The van der Waals surface area contributed by atoms with Gasteiger partial charge in [-0.25, -0.2) is 8.42 Å². The minimum Gasteiger partial charge on any atom is -0.326 e. The fraction of sp³-hybridized carbons (Fsp3) is 0.200. The zero-order valence-electron chi connectivity index (χ0n) is 7.82. The Morgan fingerprint density at radius 1 is 1.36 bits per heavy atom. The third-order valence-corrected chi connectivity index (χ3v) is 4.34. The molecule has 0 aromatic heterocycles. The van der Waals surface area contributed by atoms with Gasteiger partial charge in [0.1, 0.15) is 0 Å². The number of fused-ring (bicyclic) bond motifs is 1. The van der Waals surface area contributed by atoms with Crippen LogP contribution < -0.4 is 5.73 Å². The summed E-state index contributed by atoms with van der Waals surface area (Å²) in [6.45, 7) is 1.96. The number of aryl methyl sites for hydroxylation is 1. The lowest BCUT2D eigenvalue weighted by atomic mass is 10.1. The second-order valence-corrected chi connectivity index (χ2v) is 5.28. The summed E-state index contributed by atoms with van der Waals surface area (Å²) >= 11 is 0. The number of benzene rings is 1. The van der Waals surface area contributed by atoms with Gasteiger partial charge < -0.3 is 5.73 Å². The van der Waals surface area contributed by atoms with Crippen molar-refractivity contribution in [2.75, 3.05) is 6.54 Å². The molecule has 0 fully saturated rings. The summed E-state index contributed by atoms with van der Waals surface area (Å²) in [4.78, 5) is 0.694. The van der Waals surface area contributed by atoms with Crippen LogP contribution >= 0.6 is 0 Å². The fourth-order valence-electron chi connectivity index (χ4n) is 1.62. The van der Waals surface area contributed by atoms with Crippen LogP contribution in [0.3, 0.4) is 0 Å². The van der Waals surface area contributed by atoms with Crippen molar-refractivity contribution in [2.24, 2.45) is 5.73 Å². The van der Waals surface area contributed by atoms with Crippen molar-refractivity contribution >= 4 is 15.9 Å². The van der Waals surface area contributed by atoms with Crippen molar-refractivity contribution in [3.05, 3.63) is 34.2 Å². The highest BCUT2D eigenvalue weighted by molar-refractivity contribution is 7.95. The van der Waals surface area contributed by atoms with E-state index in [1.165, 1.54) is 0 Å². The molecule has 0 amide bonds. The SMILES string of the molecule is Cc1cccc2c1C=C(CN)S2(=O)=O. The molecule has 3 nitrogen and oxygen atoms in total. The van der Waals surface area contributed by atoms with E-state index in [9.17, 15) is 8.42 Å². The van der Waals surface area contributed by atoms with Crippen LogP contribution in [0.25, 0.3) is 6.08 Å². The van der Waals surface area contributed by atoms with Gasteiger partial charge in [-0.3, -0.25) is 0 Å². The predicted octanol–water partition coefficient (Wildman–Crippen LogP) is 1.08. The fourth-order valence-corrected chi connectivity index (χ4v) is 3.16. The van der Waals surface area contributed by atoms with Gasteiger partial charge in [-0.1, -0.05) is 12.1 Å². The van der Waals surface area contributed by atoms with Gasteiger partial charge in [-0.2, -0.15) is 0 Å². The van der Waals surface area contributed by atoms with E-state index in [-0.39, 0.29) is 6.54 Å². The summed E-state index contributed by atoms with van der Waals surface area (Å²) < 4.78 is 23.6. The Bertz CT molecular complexity index is 515. The lowest BCUT2D eigenvalue weighted by Gasteiger charge is -2.01. The number of sulfone groups is 1. The summed E-state index contributed by atoms with van der Waals surface area (Å²) in [7, 11) is -3.28. The first-order valence-corrected chi connectivity index (χ1v) is 5.81. The van der Waals surface area contributed by atoms with E-state index in [0.29, 0.717) is 9.80 Å². The second kappa shape index (κ2) is 2.93. The van der Waals surface area contributed by atoms with Crippen LogP contribution in [0.1, 0.15) is 11.1 Å². The largest absolute Gasteiger partial charge is 0.326 e. The van der Waals surface area contributed by atoms with E-state index in [1.54, 1.807) is 18.2 Å². The number of rotatable bonds is 1. The molecule has 2 N–H and O–H groups in total. The number of hydrogen-bond acceptors (Lipinski definition) is 3. The van der Waals surface area contributed by atoms with Crippen LogP contribution in [0.4, 0.5) is 0 Å². The quantitative estimate of drug-likeness (QED) is 0.753. The Morgan fingerprint density at radius 2 is 2.07 bits per heavy atom. The molecule has 1 aromatic carbocycles. The Morgan fingerprint density at radius 3 is 2.64 bits per heavy atom. The molecule has 74 valence electrons. The van der Waals surface area contributed by atoms with E-state index in [4.69, 9.17) is 5.73 Å². The number of hydrogen-bond donors (Lipinski definition) is 1. The van der Waals surface area contributed by atoms with Gasteiger partial charge in [0.15, 0.2) is 0 Å². The molecule has 0 saturated heterocycles. The maximum Gasteiger partial charge on any atom is 0.204 e. The van der Waals surface area contributed by atoms with E-state index in [2.05, 4.69) is 0 Å². The zero-order chi connectivity index (χ0) is 10.3. The van der Waals surface area contributed by atoms with E-state index < -0.39 is 9.84 Å². The van der Waals surface area contributed by atoms with Gasteiger partial charge in [0.25, 0.3) is 0 Å². The molecule has 14 heavy (non-hydrogen) atoms. The lowest BCUT2D eigenvalue weighted by Crippen LogP contribution is -2.10. The summed E-state index contributed by atoms with van der Waals surface area (Å²) in [5.74, 6) is 0. The average molecular weight is 209 g/mol. The highest BCUT2D eigenvalue weighted by Crippen LogP contribution is 2.33. The molecular formula is C10H11NO2S. The second-order valence-electron chi connectivity index (χ2n) is 3.30. The molecule has 1 aliphatic heterocycles. The van der Waals surface area contributed by atoms with Crippen LogP contribution in [0.5, 0.6) is 0 Å². The van der Waals surface area contributed by atoms with Crippen LogP contribution in [0.2, 0.25) is 0 Å². The third-order valence-electron chi connectivity index (χ3n) is 2.43. The van der Waals surface area contributed by atoms with Crippen LogP contribution in [0, 0.1) is 6.92 Å². The predicted molar refractivity (Wildman–Crippen MR) is 55.4 cm³/mol. The van der Waals surface area contributed by atoms with Crippen molar-refractivity contribution in [3.63, 3.8) is 0 Å². The molecule has 1 aliphatic rings. The van der Waals surface area contributed by atoms with E-state index >= 15 is 0 Å². The van der Waals surface area contributed by atoms with Gasteiger partial charge in [0.05, 0.1) is 9.80 Å². The molecule has 0 saturated carbocycles. The van der Waals surface area contributed by atoms with E-state index in [0.717, 1.165) is 11.1 Å². The van der Waals surface area contributed by atoms with Gasteiger partial charge in [-0.05, 0) is 30.2 Å². The molecule has 0 unspecified atom stereocenters. The summed E-state index contributed by atoms with van der Waals surface area (Å²) in [5.41, 5.74) is 7.14. The number of nitrogens with two attached hydrogens (primary N) is 1. The van der Waals surface area contributed by atoms with Crippen molar-refractivity contribution in [3.8, 4) is 0 Å². The first-order valence-electron chi connectivity index (χ1n) is 4.32. The highest BCUT2D eigenvalue weighted by atomic mass is 32.2. The summed E-state index contributed by atoms with van der Waals surface area (Å²) in [6.07, 6.45) is 1.67. The summed E-state index contributed by atoms with van der Waals surface area (Å²) in [5, 5.41) is 0.